The normalized spacial score (nSPS) is 10.4. The number of carbonyl (C=O) groups is 1. The van der Waals surface area contributed by atoms with Crippen LogP contribution in [0.25, 0.3) is 11.1 Å². The van der Waals surface area contributed by atoms with E-state index in [1.807, 2.05) is 36.4 Å². The average molecular weight is 455 g/mol. The minimum absolute atomic E-state index is 0.197. The van der Waals surface area contributed by atoms with Crippen molar-refractivity contribution in [3.8, 4) is 22.6 Å². The molecule has 0 bridgehead atoms. The fourth-order valence-electron chi connectivity index (χ4n) is 3.43. The second-order valence-electron chi connectivity index (χ2n) is 7.73. The number of aryl methyl sites for hydroxylation is 1. The van der Waals surface area contributed by atoms with E-state index in [0.29, 0.717) is 29.6 Å². The zero-order chi connectivity index (χ0) is 23.9. The summed E-state index contributed by atoms with van der Waals surface area (Å²) in [5.74, 6) is 1.61. The Balaban J connectivity index is 1.40. The van der Waals surface area contributed by atoms with Crippen LogP contribution >= 0.6 is 0 Å². The quantitative estimate of drug-likeness (QED) is 0.383. The van der Waals surface area contributed by atoms with E-state index in [1.54, 1.807) is 44.8 Å². The van der Waals surface area contributed by atoms with Crippen molar-refractivity contribution in [2.75, 3.05) is 19.5 Å². The molecule has 0 unspecified atom stereocenters. The molecule has 3 aromatic carbocycles. The lowest BCUT2D eigenvalue weighted by Gasteiger charge is -2.12. The van der Waals surface area contributed by atoms with Gasteiger partial charge in [0, 0.05) is 47.4 Å². The van der Waals surface area contributed by atoms with Crippen molar-refractivity contribution < 1.29 is 14.3 Å². The minimum Gasteiger partial charge on any atom is -0.497 e. The van der Waals surface area contributed by atoms with Crippen molar-refractivity contribution in [1.82, 2.24) is 15.3 Å². The molecule has 7 nitrogen and oxygen atoms in total. The summed E-state index contributed by atoms with van der Waals surface area (Å²) in [5.41, 5.74) is 5.30. The Morgan fingerprint density at radius 3 is 2.35 bits per heavy atom. The van der Waals surface area contributed by atoms with Crippen LogP contribution in [0.5, 0.6) is 11.5 Å². The van der Waals surface area contributed by atoms with Gasteiger partial charge in [-0.1, -0.05) is 35.9 Å². The van der Waals surface area contributed by atoms with E-state index in [4.69, 9.17) is 9.47 Å². The first-order valence-corrected chi connectivity index (χ1v) is 10.8. The van der Waals surface area contributed by atoms with Crippen LogP contribution in [-0.4, -0.2) is 30.1 Å². The van der Waals surface area contributed by atoms with E-state index >= 15 is 0 Å². The number of hydrogen-bond donors (Lipinski definition) is 2. The number of anilines is 2. The van der Waals surface area contributed by atoms with Crippen LogP contribution in [0.1, 0.15) is 21.5 Å². The van der Waals surface area contributed by atoms with Gasteiger partial charge < -0.3 is 20.1 Å². The molecule has 0 saturated heterocycles. The van der Waals surface area contributed by atoms with Crippen molar-refractivity contribution in [2.24, 2.45) is 0 Å². The topological polar surface area (TPSA) is 85.4 Å². The van der Waals surface area contributed by atoms with Crippen molar-refractivity contribution >= 4 is 17.5 Å². The standard InChI is InChI=1S/C27H26N4O3/c1-18-7-9-19(10-8-18)22-16-29-27(30-17-22)31-23-6-4-5-20(13-23)26(32)28-15-21-11-12-24(33-2)14-25(21)34-3/h4-14,16-17H,15H2,1-3H3,(H,28,32)(H,29,30,31). The van der Waals surface area contributed by atoms with Crippen LogP contribution in [0.4, 0.5) is 11.6 Å². The van der Waals surface area contributed by atoms with E-state index in [0.717, 1.165) is 22.4 Å². The molecule has 0 aliphatic carbocycles. The largest absolute Gasteiger partial charge is 0.497 e. The molecule has 0 aliphatic heterocycles. The highest BCUT2D eigenvalue weighted by Gasteiger charge is 2.10. The predicted octanol–water partition coefficient (Wildman–Crippen LogP) is 5.14. The second kappa shape index (κ2) is 10.5. The molecular weight excluding hydrogens is 428 g/mol. The summed E-state index contributed by atoms with van der Waals surface area (Å²) in [5, 5.41) is 6.08. The summed E-state index contributed by atoms with van der Waals surface area (Å²) in [6.07, 6.45) is 3.55. The molecule has 0 atom stereocenters. The molecule has 0 aliphatic rings. The van der Waals surface area contributed by atoms with Gasteiger partial charge in [-0.15, -0.1) is 0 Å². The zero-order valence-corrected chi connectivity index (χ0v) is 19.3. The third-order valence-electron chi connectivity index (χ3n) is 5.35. The number of aromatic nitrogens is 2. The van der Waals surface area contributed by atoms with Crippen LogP contribution in [0.2, 0.25) is 0 Å². The number of hydrogen-bond acceptors (Lipinski definition) is 6. The molecule has 0 fully saturated rings. The molecule has 0 spiro atoms. The van der Waals surface area contributed by atoms with Gasteiger partial charge in [0.25, 0.3) is 5.91 Å². The van der Waals surface area contributed by atoms with Gasteiger partial charge in [0.05, 0.1) is 14.2 Å². The molecule has 0 radical (unpaired) electrons. The Morgan fingerprint density at radius 1 is 0.882 bits per heavy atom. The molecule has 34 heavy (non-hydrogen) atoms. The van der Waals surface area contributed by atoms with Crippen LogP contribution in [0.15, 0.2) is 79.1 Å². The number of nitrogens with zero attached hydrogens (tertiary/aromatic N) is 2. The summed E-state index contributed by atoms with van der Waals surface area (Å²) in [6.45, 7) is 2.38. The predicted molar refractivity (Wildman–Crippen MR) is 133 cm³/mol. The van der Waals surface area contributed by atoms with Crippen LogP contribution in [0, 0.1) is 6.92 Å². The smallest absolute Gasteiger partial charge is 0.251 e. The van der Waals surface area contributed by atoms with Gasteiger partial charge in [-0.2, -0.15) is 0 Å². The molecule has 1 amide bonds. The van der Waals surface area contributed by atoms with E-state index in [9.17, 15) is 4.79 Å². The molecule has 172 valence electrons. The van der Waals surface area contributed by atoms with Crippen molar-refractivity contribution in [3.05, 3.63) is 95.8 Å². The fourth-order valence-corrected chi connectivity index (χ4v) is 3.43. The Kier molecular flexibility index (Phi) is 7.03. The van der Waals surface area contributed by atoms with E-state index < -0.39 is 0 Å². The highest BCUT2D eigenvalue weighted by Crippen LogP contribution is 2.25. The zero-order valence-electron chi connectivity index (χ0n) is 19.3. The lowest BCUT2D eigenvalue weighted by atomic mass is 10.1. The number of nitrogens with one attached hydrogen (secondary N) is 2. The van der Waals surface area contributed by atoms with Crippen LogP contribution < -0.4 is 20.1 Å². The molecule has 0 saturated carbocycles. The molecule has 4 aromatic rings. The SMILES string of the molecule is COc1ccc(CNC(=O)c2cccc(Nc3ncc(-c4ccc(C)cc4)cn3)c2)c(OC)c1. The minimum atomic E-state index is -0.197. The third kappa shape index (κ3) is 5.50. The maximum Gasteiger partial charge on any atom is 0.251 e. The average Bonchev–Trinajstić information content (AvgIpc) is 2.88. The number of methoxy groups -OCH3 is 2. The molecule has 1 heterocycles. The highest BCUT2D eigenvalue weighted by atomic mass is 16.5. The van der Waals surface area contributed by atoms with Gasteiger partial charge in [0.1, 0.15) is 11.5 Å². The lowest BCUT2D eigenvalue weighted by molar-refractivity contribution is 0.0950. The molecule has 2 N–H and O–H groups in total. The van der Waals surface area contributed by atoms with E-state index in [2.05, 4.69) is 39.7 Å². The van der Waals surface area contributed by atoms with Gasteiger partial charge in [-0.3, -0.25) is 4.79 Å². The highest BCUT2D eigenvalue weighted by molar-refractivity contribution is 5.95. The summed E-state index contributed by atoms with van der Waals surface area (Å²) in [6, 6.07) is 20.9. The van der Waals surface area contributed by atoms with E-state index in [-0.39, 0.29) is 5.91 Å². The number of carbonyl (C=O) groups excluding carboxylic acids is 1. The lowest BCUT2D eigenvalue weighted by Crippen LogP contribution is -2.23. The Labute approximate surface area is 198 Å². The van der Waals surface area contributed by atoms with Crippen molar-refractivity contribution in [3.63, 3.8) is 0 Å². The van der Waals surface area contributed by atoms with Crippen molar-refractivity contribution in [2.45, 2.75) is 13.5 Å². The van der Waals surface area contributed by atoms with Gasteiger partial charge in [-0.25, -0.2) is 9.97 Å². The fraction of sp³-hybridized carbons (Fsp3) is 0.148. The van der Waals surface area contributed by atoms with E-state index in [1.165, 1.54) is 5.56 Å². The number of amides is 1. The maximum absolute atomic E-state index is 12.7. The maximum atomic E-state index is 12.7. The van der Waals surface area contributed by atoms with Gasteiger partial charge in [0.2, 0.25) is 5.95 Å². The van der Waals surface area contributed by atoms with Gasteiger partial charge >= 0.3 is 0 Å². The molecule has 4 rings (SSSR count). The first-order valence-electron chi connectivity index (χ1n) is 10.8. The van der Waals surface area contributed by atoms with Crippen LogP contribution in [-0.2, 0) is 6.54 Å². The van der Waals surface area contributed by atoms with Crippen molar-refractivity contribution in [1.29, 1.82) is 0 Å². The second-order valence-corrected chi connectivity index (χ2v) is 7.73. The number of benzene rings is 3. The molecule has 7 heteroatoms. The molecule has 1 aromatic heterocycles. The van der Waals surface area contributed by atoms with Gasteiger partial charge in [-0.05, 0) is 42.8 Å². The number of rotatable bonds is 8. The monoisotopic (exact) mass is 454 g/mol. The molecular formula is C27H26N4O3. The Morgan fingerprint density at radius 2 is 1.65 bits per heavy atom. The third-order valence-corrected chi connectivity index (χ3v) is 5.35. The Bertz CT molecular complexity index is 1270. The summed E-state index contributed by atoms with van der Waals surface area (Å²) in [7, 11) is 3.19. The Hall–Kier alpha value is -4.39. The summed E-state index contributed by atoms with van der Waals surface area (Å²) < 4.78 is 10.6. The van der Waals surface area contributed by atoms with Crippen LogP contribution in [0.3, 0.4) is 0 Å². The van der Waals surface area contributed by atoms with Gasteiger partial charge in [0.15, 0.2) is 0 Å². The summed E-state index contributed by atoms with van der Waals surface area (Å²) in [4.78, 5) is 21.6. The first-order chi connectivity index (χ1) is 16.6. The number of ether oxygens (including phenoxy) is 2. The first kappa shape index (κ1) is 22.8. The summed E-state index contributed by atoms with van der Waals surface area (Å²) >= 11 is 0.